The zero-order valence-corrected chi connectivity index (χ0v) is 14.4. The summed E-state index contributed by atoms with van der Waals surface area (Å²) in [6.07, 6.45) is 6.44. The topological polar surface area (TPSA) is 79.6 Å². The molecule has 0 radical (unpaired) electrons. The third kappa shape index (κ3) is 2.72. The van der Waals surface area contributed by atoms with Gasteiger partial charge in [-0.05, 0) is 43.2 Å². The van der Waals surface area contributed by atoms with E-state index in [1.54, 1.807) is 18.2 Å². The van der Waals surface area contributed by atoms with Gasteiger partial charge in [0.05, 0.1) is 34.5 Å². The lowest BCUT2D eigenvalue weighted by atomic mass is 9.85. The quantitative estimate of drug-likeness (QED) is 0.660. The van der Waals surface area contributed by atoms with Gasteiger partial charge in [0, 0.05) is 0 Å². The Morgan fingerprint density at radius 1 is 1.12 bits per heavy atom. The third-order valence-electron chi connectivity index (χ3n) is 4.71. The first-order valence-corrected chi connectivity index (χ1v) is 8.61. The Kier molecular flexibility index (Phi) is 4.12. The number of benzene rings is 1. The highest BCUT2D eigenvalue weighted by molar-refractivity contribution is 6.34. The van der Waals surface area contributed by atoms with Crippen molar-refractivity contribution < 1.29 is 18.8 Å². The standard InChI is InChI=1S/C19H15ClN2O4/c20-14-10-11(7-8-15(14)21-17(23)16-6-3-9-26-16)22-18(24)12-4-1-2-5-13(12)19(22)25/h1-3,6-10,12-13H,4-5H2,(H,21,23)/t12-,13+. The maximum atomic E-state index is 12.6. The normalized spacial score (nSPS) is 21.8. The lowest BCUT2D eigenvalue weighted by molar-refractivity contribution is -0.122. The van der Waals surface area contributed by atoms with Gasteiger partial charge in [-0.1, -0.05) is 23.8 Å². The lowest BCUT2D eigenvalue weighted by Crippen LogP contribution is -2.30. The van der Waals surface area contributed by atoms with E-state index in [4.69, 9.17) is 16.0 Å². The first kappa shape index (κ1) is 16.6. The average Bonchev–Trinajstić information content (AvgIpc) is 3.26. The van der Waals surface area contributed by atoms with E-state index >= 15 is 0 Å². The maximum Gasteiger partial charge on any atom is 0.291 e. The van der Waals surface area contributed by atoms with Gasteiger partial charge in [-0.15, -0.1) is 0 Å². The number of carbonyl (C=O) groups excluding carboxylic acids is 3. The summed E-state index contributed by atoms with van der Waals surface area (Å²) in [7, 11) is 0. The number of allylic oxidation sites excluding steroid dienone is 2. The number of hydrogen-bond donors (Lipinski definition) is 1. The van der Waals surface area contributed by atoms with Gasteiger partial charge in [0.15, 0.2) is 5.76 Å². The molecule has 0 saturated carbocycles. The molecule has 0 bridgehead atoms. The number of furan rings is 1. The van der Waals surface area contributed by atoms with Gasteiger partial charge in [-0.25, -0.2) is 4.90 Å². The first-order valence-electron chi connectivity index (χ1n) is 8.23. The van der Waals surface area contributed by atoms with Gasteiger partial charge in [0.1, 0.15) is 0 Å². The van der Waals surface area contributed by atoms with Crippen molar-refractivity contribution in [1.82, 2.24) is 0 Å². The van der Waals surface area contributed by atoms with E-state index in [-0.39, 0.29) is 34.4 Å². The van der Waals surface area contributed by atoms with E-state index in [0.29, 0.717) is 24.2 Å². The van der Waals surface area contributed by atoms with Crippen molar-refractivity contribution in [3.8, 4) is 0 Å². The van der Waals surface area contributed by atoms with Crippen molar-refractivity contribution in [2.24, 2.45) is 11.8 Å². The number of carbonyl (C=O) groups is 3. The molecule has 1 aliphatic carbocycles. The van der Waals surface area contributed by atoms with Crippen molar-refractivity contribution in [2.45, 2.75) is 12.8 Å². The Morgan fingerprint density at radius 2 is 1.81 bits per heavy atom. The summed E-state index contributed by atoms with van der Waals surface area (Å²) in [5.74, 6) is -1.28. The van der Waals surface area contributed by atoms with E-state index < -0.39 is 5.91 Å². The predicted molar refractivity (Wildman–Crippen MR) is 96.0 cm³/mol. The van der Waals surface area contributed by atoms with Crippen molar-refractivity contribution >= 4 is 40.7 Å². The second-order valence-corrected chi connectivity index (χ2v) is 6.67. The number of anilines is 2. The monoisotopic (exact) mass is 370 g/mol. The Labute approximate surface area is 154 Å². The van der Waals surface area contributed by atoms with Crippen LogP contribution >= 0.6 is 11.6 Å². The van der Waals surface area contributed by atoms with Crippen LogP contribution in [-0.2, 0) is 9.59 Å². The number of imide groups is 1. The Morgan fingerprint density at radius 3 is 2.38 bits per heavy atom. The molecule has 1 aromatic heterocycles. The molecule has 6 nitrogen and oxygen atoms in total. The summed E-state index contributed by atoms with van der Waals surface area (Å²) in [5, 5.41) is 2.87. The number of hydrogen-bond acceptors (Lipinski definition) is 4. The summed E-state index contributed by atoms with van der Waals surface area (Å²) >= 11 is 6.25. The van der Waals surface area contributed by atoms with Crippen LogP contribution < -0.4 is 10.2 Å². The summed E-state index contributed by atoms with van der Waals surface area (Å²) in [4.78, 5) is 38.5. The fourth-order valence-corrected chi connectivity index (χ4v) is 3.61. The van der Waals surface area contributed by atoms with Gasteiger partial charge < -0.3 is 9.73 Å². The maximum absolute atomic E-state index is 12.6. The van der Waals surface area contributed by atoms with Crippen LogP contribution in [0.25, 0.3) is 0 Å². The molecule has 7 heteroatoms. The van der Waals surface area contributed by atoms with Crippen LogP contribution in [0.2, 0.25) is 5.02 Å². The second-order valence-electron chi connectivity index (χ2n) is 6.26. The number of amides is 3. The van der Waals surface area contributed by atoms with Gasteiger partial charge in [-0.2, -0.15) is 0 Å². The third-order valence-corrected chi connectivity index (χ3v) is 5.02. The highest BCUT2D eigenvalue weighted by Crippen LogP contribution is 2.39. The molecule has 0 spiro atoms. The lowest BCUT2D eigenvalue weighted by Gasteiger charge is -2.16. The minimum absolute atomic E-state index is 0.159. The SMILES string of the molecule is O=C(Nc1ccc(N2C(=O)[C@H]3CC=CC[C@H]3C2=O)cc1Cl)c1ccco1. The fourth-order valence-electron chi connectivity index (χ4n) is 3.39. The van der Waals surface area contributed by atoms with Gasteiger partial charge in [-0.3, -0.25) is 14.4 Å². The molecule has 2 atom stereocenters. The van der Waals surface area contributed by atoms with Gasteiger partial charge in [0.2, 0.25) is 11.8 Å². The van der Waals surface area contributed by atoms with E-state index in [2.05, 4.69) is 5.32 Å². The molecule has 2 aromatic rings. The first-order chi connectivity index (χ1) is 12.6. The summed E-state index contributed by atoms with van der Waals surface area (Å²) in [6.45, 7) is 0. The van der Waals surface area contributed by atoms with Crippen LogP contribution in [0.1, 0.15) is 23.4 Å². The number of fused-ring (bicyclic) bond motifs is 1. The van der Waals surface area contributed by atoms with Crippen molar-refractivity contribution in [3.05, 3.63) is 59.5 Å². The minimum Gasteiger partial charge on any atom is -0.459 e. The molecular weight excluding hydrogens is 356 g/mol. The molecule has 2 aliphatic rings. The second kappa shape index (κ2) is 6.46. The molecule has 26 heavy (non-hydrogen) atoms. The number of rotatable bonds is 3. The smallest absolute Gasteiger partial charge is 0.291 e. The van der Waals surface area contributed by atoms with Crippen molar-refractivity contribution in [3.63, 3.8) is 0 Å². The Balaban J connectivity index is 1.57. The van der Waals surface area contributed by atoms with E-state index in [9.17, 15) is 14.4 Å². The molecule has 1 aromatic carbocycles. The highest BCUT2D eigenvalue weighted by Gasteiger charge is 2.47. The number of nitrogens with one attached hydrogen (secondary N) is 1. The number of halogens is 1. The Bertz CT molecular complexity index is 894. The van der Waals surface area contributed by atoms with Crippen molar-refractivity contribution in [2.75, 3.05) is 10.2 Å². The van der Waals surface area contributed by atoms with Crippen LogP contribution in [-0.4, -0.2) is 17.7 Å². The molecule has 1 aliphatic heterocycles. The molecule has 1 fully saturated rings. The molecule has 1 N–H and O–H groups in total. The van der Waals surface area contributed by atoms with Crippen LogP contribution in [0.15, 0.2) is 53.2 Å². The molecule has 4 rings (SSSR count). The van der Waals surface area contributed by atoms with E-state index in [0.717, 1.165) is 0 Å². The zero-order chi connectivity index (χ0) is 18.3. The number of nitrogens with zero attached hydrogens (tertiary/aromatic N) is 1. The highest BCUT2D eigenvalue weighted by atomic mass is 35.5. The largest absolute Gasteiger partial charge is 0.459 e. The van der Waals surface area contributed by atoms with Crippen LogP contribution in [0.5, 0.6) is 0 Å². The van der Waals surface area contributed by atoms with Crippen molar-refractivity contribution in [1.29, 1.82) is 0 Å². The van der Waals surface area contributed by atoms with Crippen LogP contribution in [0.4, 0.5) is 11.4 Å². The molecule has 132 valence electrons. The fraction of sp³-hybridized carbons (Fsp3) is 0.211. The van der Waals surface area contributed by atoms with Crippen LogP contribution in [0.3, 0.4) is 0 Å². The van der Waals surface area contributed by atoms with E-state index in [1.807, 2.05) is 12.2 Å². The molecule has 1 saturated heterocycles. The van der Waals surface area contributed by atoms with Crippen LogP contribution in [0, 0.1) is 11.8 Å². The summed E-state index contributed by atoms with van der Waals surface area (Å²) in [5.41, 5.74) is 0.783. The summed E-state index contributed by atoms with van der Waals surface area (Å²) in [6, 6.07) is 7.83. The molecular formula is C19H15ClN2O4. The zero-order valence-electron chi connectivity index (χ0n) is 13.6. The summed E-state index contributed by atoms with van der Waals surface area (Å²) < 4.78 is 5.04. The predicted octanol–water partition coefficient (Wildman–Crippen LogP) is 3.64. The Hall–Kier alpha value is -2.86. The minimum atomic E-state index is -0.435. The molecule has 0 unspecified atom stereocenters. The average molecular weight is 371 g/mol. The molecule has 2 heterocycles. The van der Waals surface area contributed by atoms with Gasteiger partial charge >= 0.3 is 0 Å². The van der Waals surface area contributed by atoms with E-state index in [1.165, 1.54) is 23.3 Å². The van der Waals surface area contributed by atoms with Gasteiger partial charge in [0.25, 0.3) is 5.91 Å². The molecule has 3 amide bonds.